The Balaban J connectivity index is 1.69. The number of rotatable bonds is 5. The maximum absolute atomic E-state index is 12.5. The van der Waals surface area contributed by atoms with Crippen molar-refractivity contribution < 1.29 is 19.1 Å². The summed E-state index contributed by atoms with van der Waals surface area (Å²) in [5, 5.41) is 9.14. The highest BCUT2D eigenvalue weighted by Gasteiger charge is 2.29. The van der Waals surface area contributed by atoms with Crippen molar-refractivity contribution in [3.05, 3.63) is 42.5 Å². The fourth-order valence-electron chi connectivity index (χ4n) is 2.96. The van der Waals surface area contributed by atoms with Gasteiger partial charge in [-0.05, 0) is 25.1 Å². The van der Waals surface area contributed by atoms with Crippen LogP contribution in [0.4, 0.5) is 22.0 Å². The van der Waals surface area contributed by atoms with Crippen molar-refractivity contribution in [2.24, 2.45) is 0 Å². The second-order valence-electron chi connectivity index (χ2n) is 6.39. The van der Waals surface area contributed by atoms with Crippen molar-refractivity contribution in [1.29, 1.82) is 0 Å². The van der Waals surface area contributed by atoms with Crippen LogP contribution in [-0.4, -0.2) is 46.7 Å². The van der Waals surface area contributed by atoms with Gasteiger partial charge in [-0.15, -0.1) is 0 Å². The standard InChI is InChI=1S/C19H18N6O4/c1-10-5-11(3-4-20-10)23-17-12-6-14(16(28-2)7-13(12)21-9-22-17)24-18(26)15-8-29-19(27)25-15/h3-7,9,15H,8H2,1-2H3,(H,24,26)(H,25,27)(H,20,21,22,23)/t15-/m1/s1. The number of amides is 2. The molecule has 2 aromatic heterocycles. The van der Waals surface area contributed by atoms with Gasteiger partial charge in [-0.3, -0.25) is 9.78 Å². The summed E-state index contributed by atoms with van der Waals surface area (Å²) in [6.07, 6.45) is 2.53. The van der Waals surface area contributed by atoms with Crippen LogP contribution in [0.25, 0.3) is 10.9 Å². The van der Waals surface area contributed by atoms with E-state index < -0.39 is 18.0 Å². The minimum Gasteiger partial charge on any atom is -0.494 e. The van der Waals surface area contributed by atoms with E-state index >= 15 is 0 Å². The molecule has 0 spiro atoms. The number of benzene rings is 1. The number of nitrogens with zero attached hydrogens (tertiary/aromatic N) is 3. The summed E-state index contributed by atoms with van der Waals surface area (Å²) in [7, 11) is 1.50. The van der Waals surface area contributed by atoms with Gasteiger partial charge in [0, 0.05) is 29.0 Å². The molecule has 10 nitrogen and oxygen atoms in total. The topological polar surface area (TPSA) is 127 Å². The third kappa shape index (κ3) is 3.86. The third-order valence-electron chi connectivity index (χ3n) is 4.36. The molecule has 1 atom stereocenters. The SMILES string of the molecule is COc1cc2ncnc(Nc3ccnc(C)c3)c2cc1NC(=O)[C@H]1COC(=O)N1. The Labute approximate surface area is 165 Å². The lowest BCUT2D eigenvalue weighted by Crippen LogP contribution is -2.38. The van der Waals surface area contributed by atoms with Crippen LogP contribution in [0.15, 0.2) is 36.8 Å². The van der Waals surface area contributed by atoms with E-state index in [9.17, 15) is 9.59 Å². The van der Waals surface area contributed by atoms with Crippen molar-refractivity contribution in [2.75, 3.05) is 24.4 Å². The molecule has 3 N–H and O–H groups in total. The predicted octanol–water partition coefficient (Wildman–Crippen LogP) is 2.13. The number of methoxy groups -OCH3 is 1. The first-order valence-corrected chi connectivity index (χ1v) is 8.80. The van der Waals surface area contributed by atoms with Gasteiger partial charge >= 0.3 is 6.09 Å². The number of hydrogen-bond donors (Lipinski definition) is 3. The molecule has 0 saturated carbocycles. The van der Waals surface area contributed by atoms with Crippen LogP contribution in [-0.2, 0) is 9.53 Å². The number of carbonyl (C=O) groups is 2. The number of nitrogens with one attached hydrogen (secondary N) is 3. The Hall–Kier alpha value is -3.95. The number of carbonyl (C=O) groups excluding carboxylic acids is 2. The minimum atomic E-state index is -0.771. The first-order valence-electron chi connectivity index (χ1n) is 8.80. The van der Waals surface area contributed by atoms with Crippen LogP contribution in [0, 0.1) is 6.92 Å². The summed E-state index contributed by atoms with van der Waals surface area (Å²) >= 11 is 0. The number of fused-ring (bicyclic) bond motifs is 1. The number of hydrogen-bond acceptors (Lipinski definition) is 8. The van der Waals surface area contributed by atoms with Gasteiger partial charge < -0.3 is 25.4 Å². The number of alkyl carbamates (subject to hydrolysis) is 1. The lowest BCUT2D eigenvalue weighted by atomic mass is 10.1. The average molecular weight is 394 g/mol. The maximum atomic E-state index is 12.5. The Kier molecular flexibility index (Phi) is 4.82. The van der Waals surface area contributed by atoms with Gasteiger partial charge in [0.1, 0.15) is 30.5 Å². The highest BCUT2D eigenvalue weighted by Crippen LogP contribution is 2.33. The summed E-state index contributed by atoms with van der Waals surface area (Å²) in [6, 6.07) is 6.38. The molecule has 0 unspecified atom stereocenters. The molecule has 10 heteroatoms. The number of pyridine rings is 1. The fraction of sp³-hybridized carbons (Fsp3) is 0.211. The largest absolute Gasteiger partial charge is 0.494 e. The van der Waals surface area contributed by atoms with Crippen LogP contribution in [0.2, 0.25) is 0 Å². The highest BCUT2D eigenvalue weighted by molar-refractivity contribution is 6.02. The molecule has 0 bridgehead atoms. The van der Waals surface area contributed by atoms with Crippen LogP contribution >= 0.6 is 0 Å². The van der Waals surface area contributed by atoms with E-state index in [1.807, 2.05) is 19.1 Å². The Morgan fingerprint density at radius 3 is 2.86 bits per heavy atom. The van der Waals surface area contributed by atoms with Crippen LogP contribution in [0.3, 0.4) is 0 Å². The zero-order valence-electron chi connectivity index (χ0n) is 15.7. The van der Waals surface area contributed by atoms with Gasteiger partial charge in [-0.2, -0.15) is 0 Å². The number of cyclic esters (lactones) is 1. The molecule has 1 aromatic carbocycles. The van der Waals surface area contributed by atoms with E-state index in [1.54, 1.807) is 18.3 Å². The Morgan fingerprint density at radius 2 is 2.14 bits per heavy atom. The quantitative estimate of drug-likeness (QED) is 0.601. The van der Waals surface area contributed by atoms with Crippen molar-refractivity contribution in [3.63, 3.8) is 0 Å². The molecule has 1 saturated heterocycles. The first-order chi connectivity index (χ1) is 14.0. The van der Waals surface area contributed by atoms with Crippen LogP contribution < -0.4 is 20.7 Å². The molecular weight excluding hydrogens is 376 g/mol. The van der Waals surface area contributed by atoms with E-state index in [0.717, 1.165) is 11.4 Å². The molecule has 1 aliphatic rings. The summed E-state index contributed by atoms with van der Waals surface area (Å²) < 4.78 is 10.2. The van der Waals surface area contributed by atoms with Crippen molar-refractivity contribution in [2.45, 2.75) is 13.0 Å². The molecule has 1 fully saturated rings. The van der Waals surface area contributed by atoms with E-state index in [0.29, 0.717) is 28.2 Å². The van der Waals surface area contributed by atoms with E-state index in [1.165, 1.54) is 13.4 Å². The van der Waals surface area contributed by atoms with Crippen LogP contribution in [0.5, 0.6) is 5.75 Å². The van der Waals surface area contributed by atoms with Gasteiger partial charge in [-0.1, -0.05) is 0 Å². The highest BCUT2D eigenvalue weighted by atomic mass is 16.6. The molecule has 4 rings (SSSR count). The summed E-state index contributed by atoms with van der Waals surface area (Å²) in [5.41, 5.74) is 2.75. The van der Waals surface area contributed by atoms with Crippen molar-refractivity contribution in [1.82, 2.24) is 20.3 Å². The van der Waals surface area contributed by atoms with Gasteiger partial charge in [0.15, 0.2) is 0 Å². The monoisotopic (exact) mass is 394 g/mol. The molecule has 0 aliphatic carbocycles. The number of aryl methyl sites for hydroxylation is 1. The number of anilines is 3. The molecular formula is C19H18N6O4. The van der Waals surface area contributed by atoms with E-state index in [2.05, 4.69) is 30.9 Å². The molecule has 2 amide bonds. The molecule has 29 heavy (non-hydrogen) atoms. The van der Waals surface area contributed by atoms with Gasteiger partial charge in [0.05, 0.1) is 18.3 Å². The molecule has 3 heterocycles. The Morgan fingerprint density at radius 1 is 1.28 bits per heavy atom. The zero-order chi connectivity index (χ0) is 20.4. The smallest absolute Gasteiger partial charge is 0.407 e. The Bertz CT molecular complexity index is 1100. The number of ether oxygens (including phenoxy) is 2. The number of aromatic nitrogens is 3. The van der Waals surface area contributed by atoms with E-state index in [4.69, 9.17) is 9.47 Å². The lowest BCUT2D eigenvalue weighted by molar-refractivity contribution is -0.117. The normalized spacial score (nSPS) is 15.5. The van der Waals surface area contributed by atoms with Crippen LogP contribution in [0.1, 0.15) is 5.69 Å². The lowest BCUT2D eigenvalue weighted by Gasteiger charge is -2.15. The summed E-state index contributed by atoms with van der Waals surface area (Å²) in [4.78, 5) is 36.4. The second-order valence-corrected chi connectivity index (χ2v) is 6.39. The van der Waals surface area contributed by atoms with E-state index in [-0.39, 0.29) is 6.61 Å². The summed E-state index contributed by atoms with van der Waals surface area (Å²) in [5.74, 6) is 0.585. The van der Waals surface area contributed by atoms with Crippen molar-refractivity contribution in [3.8, 4) is 5.75 Å². The molecule has 3 aromatic rings. The fourth-order valence-corrected chi connectivity index (χ4v) is 2.96. The predicted molar refractivity (Wildman–Crippen MR) is 105 cm³/mol. The zero-order valence-corrected chi connectivity index (χ0v) is 15.7. The van der Waals surface area contributed by atoms with Crippen molar-refractivity contribution >= 4 is 40.1 Å². The minimum absolute atomic E-state index is 0.0299. The molecule has 148 valence electrons. The average Bonchev–Trinajstić information content (AvgIpc) is 3.14. The maximum Gasteiger partial charge on any atom is 0.407 e. The second kappa shape index (κ2) is 7.58. The third-order valence-corrected chi connectivity index (χ3v) is 4.36. The molecule has 1 aliphatic heterocycles. The van der Waals surface area contributed by atoms with Gasteiger partial charge in [0.25, 0.3) is 5.91 Å². The van der Waals surface area contributed by atoms with Gasteiger partial charge in [-0.25, -0.2) is 14.8 Å². The van der Waals surface area contributed by atoms with Gasteiger partial charge in [0.2, 0.25) is 0 Å². The molecule has 0 radical (unpaired) electrons. The first kappa shape index (κ1) is 18.4. The summed E-state index contributed by atoms with van der Waals surface area (Å²) in [6.45, 7) is 1.87.